The number of rotatable bonds is 4. The number of nitrogens with zero attached hydrogens (tertiary/aromatic N) is 2. The lowest BCUT2D eigenvalue weighted by molar-refractivity contribution is 0.0675. The van der Waals surface area contributed by atoms with Crippen LogP contribution in [0.25, 0.3) is 0 Å². The third-order valence-electron chi connectivity index (χ3n) is 3.82. The van der Waals surface area contributed by atoms with E-state index in [1.54, 1.807) is 43.3 Å². The fourth-order valence-electron chi connectivity index (χ4n) is 2.68. The molecular weight excluding hydrogens is 375 g/mol. The number of Topliss-reactive ketones (excluding diaryl/α,β-unsaturated/α-hetero) is 1. The highest BCUT2D eigenvalue weighted by molar-refractivity contribution is 6.38. The molecule has 132 valence electrons. The van der Waals surface area contributed by atoms with Crippen molar-refractivity contribution in [3.8, 4) is 0 Å². The van der Waals surface area contributed by atoms with Gasteiger partial charge in [-0.2, -0.15) is 0 Å². The molecule has 2 aromatic rings. The van der Waals surface area contributed by atoms with Gasteiger partial charge < -0.3 is 4.90 Å². The first kappa shape index (κ1) is 18.2. The maximum Gasteiger partial charge on any atom is 0.266 e. The summed E-state index contributed by atoms with van der Waals surface area (Å²) in [6.07, 6.45) is 1.43. The van der Waals surface area contributed by atoms with Crippen LogP contribution >= 0.6 is 23.2 Å². The molecule has 0 fully saturated rings. The largest absolute Gasteiger partial charge is 0.382 e. The van der Waals surface area contributed by atoms with Gasteiger partial charge in [0, 0.05) is 30.9 Å². The van der Waals surface area contributed by atoms with Crippen LogP contribution in [0.2, 0.25) is 10.0 Å². The number of halogens is 2. The summed E-state index contributed by atoms with van der Waals surface area (Å²) in [4.78, 5) is 41.0. The fraction of sp³-hybridized carbons (Fsp3) is 0.105. The van der Waals surface area contributed by atoms with E-state index in [4.69, 9.17) is 23.2 Å². The van der Waals surface area contributed by atoms with Gasteiger partial charge in [0.15, 0.2) is 0 Å². The molecule has 3 rings (SSSR count). The highest BCUT2D eigenvalue weighted by Gasteiger charge is 2.40. The van der Waals surface area contributed by atoms with E-state index in [-0.39, 0.29) is 27.4 Å². The third-order valence-corrected chi connectivity index (χ3v) is 4.37. The van der Waals surface area contributed by atoms with Crippen molar-refractivity contribution in [1.29, 1.82) is 0 Å². The lowest BCUT2D eigenvalue weighted by Crippen LogP contribution is -2.34. The van der Waals surface area contributed by atoms with E-state index < -0.39 is 17.6 Å². The smallest absolute Gasteiger partial charge is 0.266 e. The Balaban J connectivity index is 2.10. The quantitative estimate of drug-likeness (QED) is 0.453. The number of carbonyl (C=O) groups excluding carboxylic acids is 3. The number of hydrogen-bond acceptors (Lipinski definition) is 4. The van der Waals surface area contributed by atoms with Crippen LogP contribution in [0.1, 0.15) is 31.1 Å². The molecule has 2 amide bonds. The predicted octanol–water partition coefficient (Wildman–Crippen LogP) is 3.88. The average Bonchev–Trinajstić information content (AvgIpc) is 2.84. The number of carbonyl (C=O) groups is 3. The normalized spacial score (nSPS) is 13.8. The molecule has 7 heteroatoms. The van der Waals surface area contributed by atoms with Crippen molar-refractivity contribution in [2.45, 2.75) is 0 Å². The number of benzene rings is 2. The Labute approximate surface area is 160 Å². The van der Waals surface area contributed by atoms with E-state index >= 15 is 0 Å². The van der Waals surface area contributed by atoms with Crippen LogP contribution in [0.4, 0.5) is 0 Å². The minimum Gasteiger partial charge on any atom is -0.382 e. The second-order valence-corrected chi connectivity index (χ2v) is 6.77. The van der Waals surface area contributed by atoms with Gasteiger partial charge in [-0.3, -0.25) is 14.4 Å². The SMILES string of the molecule is CN(C)/C=C(\C(=O)c1ccc(Cl)cc1Cl)N1C(=O)c2ccccc2C1=O. The second kappa shape index (κ2) is 6.94. The summed E-state index contributed by atoms with van der Waals surface area (Å²) in [6.45, 7) is 0. The van der Waals surface area contributed by atoms with Gasteiger partial charge in [-0.15, -0.1) is 0 Å². The zero-order chi connectivity index (χ0) is 19.0. The van der Waals surface area contributed by atoms with Crippen molar-refractivity contribution in [2.75, 3.05) is 14.1 Å². The Morgan fingerprint density at radius 1 is 1.00 bits per heavy atom. The number of amides is 2. The van der Waals surface area contributed by atoms with Gasteiger partial charge >= 0.3 is 0 Å². The third kappa shape index (κ3) is 3.11. The Kier molecular flexibility index (Phi) is 4.85. The first-order valence-corrected chi connectivity index (χ1v) is 8.42. The van der Waals surface area contributed by atoms with Crippen molar-refractivity contribution in [1.82, 2.24) is 9.80 Å². The summed E-state index contributed by atoms with van der Waals surface area (Å²) < 4.78 is 0. The van der Waals surface area contributed by atoms with Gasteiger partial charge in [0.05, 0.1) is 16.1 Å². The molecule has 0 unspecified atom stereocenters. The van der Waals surface area contributed by atoms with Crippen LogP contribution in [0, 0.1) is 0 Å². The van der Waals surface area contributed by atoms with E-state index in [2.05, 4.69) is 0 Å². The van der Waals surface area contributed by atoms with Crippen LogP contribution < -0.4 is 0 Å². The molecule has 1 aliphatic rings. The molecule has 2 aromatic carbocycles. The summed E-state index contributed by atoms with van der Waals surface area (Å²) in [5.74, 6) is -1.64. The zero-order valence-corrected chi connectivity index (χ0v) is 15.5. The van der Waals surface area contributed by atoms with Gasteiger partial charge in [0.1, 0.15) is 5.70 Å². The summed E-state index contributed by atoms with van der Waals surface area (Å²) >= 11 is 12.0. The van der Waals surface area contributed by atoms with Crippen molar-refractivity contribution >= 4 is 40.8 Å². The molecule has 0 bridgehead atoms. The average molecular weight is 389 g/mol. The Bertz CT molecular complexity index is 932. The molecule has 0 atom stereocenters. The maximum atomic E-state index is 13.1. The number of allylic oxidation sites excluding steroid dienone is 1. The van der Waals surface area contributed by atoms with Crippen LogP contribution in [0.5, 0.6) is 0 Å². The maximum absolute atomic E-state index is 13.1. The van der Waals surface area contributed by atoms with Crippen molar-refractivity contribution in [2.24, 2.45) is 0 Å². The van der Waals surface area contributed by atoms with E-state index in [1.165, 1.54) is 24.4 Å². The molecule has 0 aromatic heterocycles. The first-order valence-electron chi connectivity index (χ1n) is 7.67. The predicted molar refractivity (Wildman–Crippen MR) is 99.5 cm³/mol. The molecule has 1 heterocycles. The van der Waals surface area contributed by atoms with Gasteiger partial charge in [0.25, 0.3) is 11.8 Å². The standard InChI is InChI=1S/C19H14Cl2N2O3/c1-22(2)10-16(17(24)14-8-7-11(20)9-15(14)21)23-18(25)12-5-3-4-6-13(12)19(23)26/h3-10H,1-2H3/b16-10+. The van der Waals surface area contributed by atoms with Crippen LogP contribution in [0.15, 0.2) is 54.4 Å². The molecule has 5 nitrogen and oxygen atoms in total. The van der Waals surface area contributed by atoms with Gasteiger partial charge in [-0.25, -0.2) is 4.90 Å². The minimum atomic E-state index is -0.546. The molecule has 1 aliphatic heterocycles. The number of fused-ring (bicyclic) bond motifs is 1. The van der Waals surface area contributed by atoms with Crippen LogP contribution in [-0.2, 0) is 0 Å². The topological polar surface area (TPSA) is 57.7 Å². The summed E-state index contributed by atoms with van der Waals surface area (Å²) in [6, 6.07) is 10.9. The second-order valence-electron chi connectivity index (χ2n) is 5.92. The Morgan fingerprint density at radius 3 is 2.08 bits per heavy atom. The summed E-state index contributed by atoms with van der Waals surface area (Å²) in [5.41, 5.74) is 0.598. The highest BCUT2D eigenvalue weighted by Crippen LogP contribution is 2.30. The number of imide groups is 1. The molecule has 26 heavy (non-hydrogen) atoms. The molecule has 0 saturated carbocycles. The number of hydrogen-bond donors (Lipinski definition) is 0. The first-order chi connectivity index (χ1) is 12.3. The fourth-order valence-corrected chi connectivity index (χ4v) is 3.18. The van der Waals surface area contributed by atoms with Crippen LogP contribution in [-0.4, -0.2) is 41.5 Å². The molecule has 0 radical (unpaired) electrons. The summed E-state index contributed by atoms with van der Waals surface area (Å²) in [7, 11) is 3.38. The number of ketones is 1. The van der Waals surface area contributed by atoms with E-state index in [0.29, 0.717) is 5.02 Å². The van der Waals surface area contributed by atoms with Crippen molar-refractivity contribution < 1.29 is 14.4 Å². The Morgan fingerprint density at radius 2 is 1.58 bits per heavy atom. The Hall–Kier alpha value is -2.63. The van der Waals surface area contributed by atoms with Crippen molar-refractivity contribution in [3.05, 3.63) is 81.1 Å². The van der Waals surface area contributed by atoms with Crippen molar-refractivity contribution in [3.63, 3.8) is 0 Å². The summed E-state index contributed by atoms with van der Waals surface area (Å²) in [5, 5.41) is 0.522. The van der Waals surface area contributed by atoms with E-state index in [1.807, 2.05) is 0 Å². The molecular formula is C19H14Cl2N2O3. The molecule has 0 saturated heterocycles. The van der Waals surface area contributed by atoms with E-state index in [0.717, 1.165) is 4.90 Å². The van der Waals surface area contributed by atoms with Crippen LogP contribution in [0.3, 0.4) is 0 Å². The minimum absolute atomic E-state index is 0.0783. The van der Waals surface area contributed by atoms with Gasteiger partial charge in [-0.1, -0.05) is 35.3 Å². The zero-order valence-electron chi connectivity index (χ0n) is 14.0. The van der Waals surface area contributed by atoms with Gasteiger partial charge in [0.2, 0.25) is 5.78 Å². The molecule has 0 N–H and O–H groups in total. The highest BCUT2D eigenvalue weighted by atomic mass is 35.5. The van der Waals surface area contributed by atoms with Gasteiger partial charge in [-0.05, 0) is 30.3 Å². The monoisotopic (exact) mass is 388 g/mol. The molecule has 0 spiro atoms. The lowest BCUT2D eigenvalue weighted by atomic mass is 10.1. The van der Waals surface area contributed by atoms with E-state index in [9.17, 15) is 14.4 Å². The molecule has 0 aliphatic carbocycles. The lowest BCUT2D eigenvalue weighted by Gasteiger charge is -2.19.